The van der Waals surface area contributed by atoms with Crippen molar-refractivity contribution in [3.05, 3.63) is 53.6 Å². The lowest BCUT2D eigenvalue weighted by Gasteiger charge is -2.06. The summed E-state index contributed by atoms with van der Waals surface area (Å²) in [6.45, 7) is 3.99. The summed E-state index contributed by atoms with van der Waals surface area (Å²) in [5.74, 6) is 1.02. The lowest BCUT2D eigenvalue weighted by Crippen LogP contribution is -1.95. The topological polar surface area (TPSA) is 64.9 Å². The molecule has 0 saturated carbocycles. The molecule has 0 bridgehead atoms. The molecule has 1 aromatic heterocycles. The summed E-state index contributed by atoms with van der Waals surface area (Å²) in [5, 5.41) is 4.02. The highest BCUT2D eigenvalue weighted by molar-refractivity contribution is 5.75. The number of anilines is 1. The fraction of sp³-hybridized carbons (Fsp3) is 0.125. The van der Waals surface area contributed by atoms with E-state index in [9.17, 15) is 0 Å². The monoisotopic (exact) mass is 265 g/mol. The van der Waals surface area contributed by atoms with E-state index in [0.29, 0.717) is 17.4 Å². The Morgan fingerprint density at radius 1 is 1.05 bits per heavy atom. The predicted molar refractivity (Wildman–Crippen MR) is 79.1 cm³/mol. The number of nitrogen functional groups attached to an aromatic ring is 1. The second-order valence-corrected chi connectivity index (χ2v) is 4.83. The van der Waals surface area contributed by atoms with Gasteiger partial charge in [0, 0.05) is 11.3 Å². The van der Waals surface area contributed by atoms with E-state index < -0.39 is 0 Å². The van der Waals surface area contributed by atoms with Crippen LogP contribution in [0.25, 0.3) is 22.8 Å². The Labute approximate surface area is 117 Å². The Balaban J connectivity index is 2.07. The van der Waals surface area contributed by atoms with Crippen LogP contribution in [0.15, 0.2) is 47.0 Å². The molecule has 0 radical (unpaired) electrons. The van der Waals surface area contributed by atoms with Crippen molar-refractivity contribution in [1.82, 2.24) is 10.1 Å². The fourth-order valence-electron chi connectivity index (χ4n) is 2.19. The molecule has 20 heavy (non-hydrogen) atoms. The Kier molecular flexibility index (Phi) is 2.99. The third-order valence-corrected chi connectivity index (χ3v) is 3.22. The Morgan fingerprint density at radius 3 is 2.55 bits per heavy atom. The number of rotatable bonds is 2. The van der Waals surface area contributed by atoms with Crippen LogP contribution in [0, 0.1) is 13.8 Å². The molecule has 0 fully saturated rings. The molecule has 3 rings (SSSR count). The lowest BCUT2D eigenvalue weighted by atomic mass is 10.0. The van der Waals surface area contributed by atoms with Gasteiger partial charge in [-0.15, -0.1) is 0 Å². The van der Waals surface area contributed by atoms with E-state index in [1.807, 2.05) is 56.3 Å². The first-order valence-corrected chi connectivity index (χ1v) is 6.41. The highest BCUT2D eigenvalue weighted by Crippen LogP contribution is 2.30. The first-order valence-electron chi connectivity index (χ1n) is 6.41. The molecule has 0 unspecified atom stereocenters. The molecule has 100 valence electrons. The van der Waals surface area contributed by atoms with Crippen molar-refractivity contribution < 1.29 is 4.52 Å². The summed E-state index contributed by atoms with van der Waals surface area (Å²) in [6.07, 6.45) is 0. The minimum Gasteiger partial charge on any atom is -0.398 e. The first-order chi connectivity index (χ1) is 9.65. The summed E-state index contributed by atoms with van der Waals surface area (Å²) in [4.78, 5) is 4.44. The van der Waals surface area contributed by atoms with Crippen molar-refractivity contribution in [1.29, 1.82) is 0 Å². The number of benzene rings is 2. The van der Waals surface area contributed by atoms with Crippen LogP contribution in [-0.2, 0) is 0 Å². The molecule has 3 aromatic rings. The number of aromatic nitrogens is 2. The van der Waals surface area contributed by atoms with Crippen LogP contribution in [0.5, 0.6) is 0 Å². The van der Waals surface area contributed by atoms with Gasteiger partial charge in [-0.05, 0) is 31.0 Å². The normalized spacial score (nSPS) is 10.7. The quantitative estimate of drug-likeness (QED) is 0.719. The SMILES string of the molecule is Cc1cc(C)c(N)c(-c2nc(-c3ccccc3)no2)c1. The average molecular weight is 265 g/mol. The van der Waals surface area contributed by atoms with Gasteiger partial charge in [0.2, 0.25) is 5.82 Å². The summed E-state index contributed by atoms with van der Waals surface area (Å²) < 4.78 is 5.35. The van der Waals surface area contributed by atoms with E-state index in [2.05, 4.69) is 10.1 Å². The van der Waals surface area contributed by atoms with Gasteiger partial charge in [0.25, 0.3) is 5.89 Å². The van der Waals surface area contributed by atoms with Crippen LogP contribution < -0.4 is 5.73 Å². The van der Waals surface area contributed by atoms with Crippen molar-refractivity contribution in [3.8, 4) is 22.8 Å². The van der Waals surface area contributed by atoms with E-state index in [-0.39, 0.29) is 0 Å². The van der Waals surface area contributed by atoms with Crippen molar-refractivity contribution in [2.24, 2.45) is 0 Å². The maximum absolute atomic E-state index is 6.10. The van der Waals surface area contributed by atoms with Gasteiger partial charge in [0.1, 0.15) is 0 Å². The molecule has 2 N–H and O–H groups in total. The molecule has 0 aliphatic heterocycles. The molecule has 0 atom stereocenters. The summed E-state index contributed by atoms with van der Waals surface area (Å²) in [5.41, 5.74) is 10.6. The molecular weight excluding hydrogens is 250 g/mol. The van der Waals surface area contributed by atoms with Gasteiger partial charge in [0.05, 0.1) is 5.56 Å². The molecule has 0 spiro atoms. The van der Waals surface area contributed by atoms with Crippen LogP contribution in [0.4, 0.5) is 5.69 Å². The highest BCUT2D eigenvalue weighted by atomic mass is 16.5. The largest absolute Gasteiger partial charge is 0.398 e. The molecule has 0 saturated heterocycles. The smallest absolute Gasteiger partial charge is 0.260 e. The van der Waals surface area contributed by atoms with Gasteiger partial charge < -0.3 is 10.3 Å². The zero-order chi connectivity index (χ0) is 14.1. The van der Waals surface area contributed by atoms with Crippen LogP contribution in [0.3, 0.4) is 0 Å². The van der Waals surface area contributed by atoms with Crippen molar-refractivity contribution in [3.63, 3.8) is 0 Å². The van der Waals surface area contributed by atoms with Crippen LogP contribution in [0.2, 0.25) is 0 Å². The number of hydrogen-bond acceptors (Lipinski definition) is 4. The van der Waals surface area contributed by atoms with E-state index in [0.717, 1.165) is 22.3 Å². The summed E-state index contributed by atoms with van der Waals surface area (Å²) >= 11 is 0. The average Bonchev–Trinajstić information content (AvgIpc) is 2.93. The van der Waals surface area contributed by atoms with Gasteiger partial charge >= 0.3 is 0 Å². The minimum absolute atomic E-state index is 0.452. The van der Waals surface area contributed by atoms with Crippen LogP contribution in [-0.4, -0.2) is 10.1 Å². The number of nitrogens with zero attached hydrogens (tertiary/aromatic N) is 2. The molecular formula is C16H15N3O. The van der Waals surface area contributed by atoms with Gasteiger partial charge in [-0.2, -0.15) is 4.98 Å². The second-order valence-electron chi connectivity index (χ2n) is 4.83. The minimum atomic E-state index is 0.452. The number of nitrogens with two attached hydrogens (primary N) is 1. The van der Waals surface area contributed by atoms with Gasteiger partial charge in [-0.1, -0.05) is 41.6 Å². The van der Waals surface area contributed by atoms with E-state index in [1.54, 1.807) is 0 Å². The molecule has 0 amide bonds. The third-order valence-electron chi connectivity index (χ3n) is 3.22. The highest BCUT2D eigenvalue weighted by Gasteiger charge is 2.14. The van der Waals surface area contributed by atoms with Gasteiger partial charge in [0.15, 0.2) is 0 Å². The second kappa shape index (κ2) is 4.81. The third kappa shape index (κ3) is 2.16. The molecule has 1 heterocycles. The molecule has 0 aliphatic rings. The van der Waals surface area contributed by atoms with Gasteiger partial charge in [-0.3, -0.25) is 0 Å². The number of aryl methyl sites for hydroxylation is 2. The van der Waals surface area contributed by atoms with E-state index >= 15 is 0 Å². The predicted octanol–water partition coefficient (Wildman–Crippen LogP) is 3.60. The summed E-state index contributed by atoms with van der Waals surface area (Å²) in [7, 11) is 0. The Bertz CT molecular complexity index is 748. The van der Waals surface area contributed by atoms with Crippen molar-refractivity contribution in [2.45, 2.75) is 13.8 Å². The molecule has 2 aromatic carbocycles. The molecule has 4 heteroatoms. The molecule has 4 nitrogen and oxygen atoms in total. The molecule has 0 aliphatic carbocycles. The zero-order valence-corrected chi connectivity index (χ0v) is 11.4. The van der Waals surface area contributed by atoms with Crippen molar-refractivity contribution in [2.75, 3.05) is 5.73 Å². The zero-order valence-electron chi connectivity index (χ0n) is 11.4. The first kappa shape index (κ1) is 12.4. The Hall–Kier alpha value is -2.62. The number of hydrogen-bond donors (Lipinski definition) is 1. The van der Waals surface area contributed by atoms with Crippen molar-refractivity contribution >= 4 is 5.69 Å². The van der Waals surface area contributed by atoms with Crippen LogP contribution in [0.1, 0.15) is 11.1 Å². The van der Waals surface area contributed by atoms with Gasteiger partial charge in [-0.25, -0.2) is 0 Å². The van der Waals surface area contributed by atoms with E-state index in [1.165, 1.54) is 0 Å². The lowest BCUT2D eigenvalue weighted by molar-refractivity contribution is 0.432. The van der Waals surface area contributed by atoms with E-state index in [4.69, 9.17) is 10.3 Å². The Morgan fingerprint density at radius 2 is 1.80 bits per heavy atom. The standard InChI is InChI=1S/C16H15N3O/c1-10-8-11(2)14(17)13(9-10)16-18-15(19-20-16)12-6-4-3-5-7-12/h3-9H,17H2,1-2H3. The maximum Gasteiger partial charge on any atom is 0.260 e. The van der Waals surface area contributed by atoms with Crippen LogP contribution >= 0.6 is 0 Å². The maximum atomic E-state index is 6.10. The summed E-state index contributed by atoms with van der Waals surface area (Å²) in [6, 6.07) is 13.7. The fourth-order valence-corrected chi connectivity index (χ4v) is 2.19.